The third-order valence-corrected chi connectivity index (χ3v) is 3.39. The molecule has 0 unspecified atom stereocenters. The molecule has 0 radical (unpaired) electrons. The molecule has 0 saturated carbocycles. The van der Waals surface area contributed by atoms with Gasteiger partial charge in [-0.2, -0.15) is 4.98 Å². The summed E-state index contributed by atoms with van der Waals surface area (Å²) in [6, 6.07) is 11.1. The van der Waals surface area contributed by atoms with Gasteiger partial charge in [-0.05, 0) is 37.6 Å². The van der Waals surface area contributed by atoms with Crippen molar-refractivity contribution in [3.8, 4) is 11.3 Å². The van der Waals surface area contributed by atoms with Gasteiger partial charge in [-0.3, -0.25) is 4.98 Å². The number of aromatic nitrogens is 3. The van der Waals surface area contributed by atoms with Gasteiger partial charge in [0.2, 0.25) is 0 Å². The molecule has 6 heteroatoms. The van der Waals surface area contributed by atoms with Crippen molar-refractivity contribution in [3.05, 3.63) is 65.4 Å². The van der Waals surface area contributed by atoms with Crippen molar-refractivity contribution in [2.75, 3.05) is 0 Å². The van der Waals surface area contributed by atoms with Crippen LogP contribution in [0.1, 0.15) is 27.6 Å². The lowest BCUT2D eigenvalue weighted by Crippen LogP contribution is -2.08. The second-order valence-corrected chi connectivity index (χ2v) is 5.00. The van der Waals surface area contributed by atoms with Crippen molar-refractivity contribution >= 4 is 5.97 Å². The van der Waals surface area contributed by atoms with E-state index in [1.54, 1.807) is 19.2 Å². The maximum atomic E-state index is 12.3. The van der Waals surface area contributed by atoms with Crippen molar-refractivity contribution in [3.63, 3.8) is 0 Å². The third kappa shape index (κ3) is 3.26. The van der Waals surface area contributed by atoms with Crippen LogP contribution in [0.5, 0.6) is 0 Å². The summed E-state index contributed by atoms with van der Waals surface area (Å²) in [5.41, 5.74) is 3.02. The average molecular weight is 309 g/mol. The average Bonchev–Trinajstić information content (AvgIpc) is 2.99. The number of benzene rings is 1. The van der Waals surface area contributed by atoms with Crippen molar-refractivity contribution in [1.29, 1.82) is 0 Å². The van der Waals surface area contributed by atoms with Gasteiger partial charge < -0.3 is 9.26 Å². The Morgan fingerprint density at radius 2 is 2.04 bits per heavy atom. The van der Waals surface area contributed by atoms with Gasteiger partial charge in [0, 0.05) is 11.8 Å². The number of rotatable bonds is 4. The number of aryl methyl sites for hydroxylation is 1. The van der Waals surface area contributed by atoms with Crippen LogP contribution in [0.15, 0.2) is 47.1 Å². The molecule has 0 saturated heterocycles. The van der Waals surface area contributed by atoms with Crippen molar-refractivity contribution in [2.24, 2.45) is 0 Å². The van der Waals surface area contributed by atoms with E-state index in [0.717, 1.165) is 16.8 Å². The first-order valence-electron chi connectivity index (χ1n) is 7.12. The molecule has 0 aliphatic carbocycles. The van der Waals surface area contributed by atoms with E-state index < -0.39 is 5.97 Å². The Balaban J connectivity index is 1.81. The maximum Gasteiger partial charge on any atom is 0.338 e. The Morgan fingerprint density at radius 3 is 2.74 bits per heavy atom. The van der Waals surface area contributed by atoms with Crippen LogP contribution in [0, 0.1) is 13.8 Å². The van der Waals surface area contributed by atoms with Gasteiger partial charge in [-0.1, -0.05) is 23.4 Å². The zero-order chi connectivity index (χ0) is 16.2. The molecule has 0 fully saturated rings. The molecule has 0 amide bonds. The number of pyridine rings is 1. The standard InChI is InChI=1S/C17H15N3O3/c1-11-13(15-8-3-4-9-18-15)6-5-7-14(11)17(21)22-10-16-19-12(2)20-23-16/h3-9H,10H2,1-2H3. The second kappa shape index (κ2) is 6.39. The number of nitrogens with zero attached hydrogens (tertiary/aromatic N) is 3. The Bertz CT molecular complexity index is 828. The molecule has 0 atom stereocenters. The Morgan fingerprint density at radius 1 is 1.17 bits per heavy atom. The van der Waals surface area contributed by atoms with Gasteiger partial charge in [0.05, 0.1) is 11.3 Å². The number of carbonyl (C=O) groups is 1. The summed E-state index contributed by atoms with van der Waals surface area (Å²) in [5, 5.41) is 3.65. The minimum Gasteiger partial charge on any atom is -0.452 e. The van der Waals surface area contributed by atoms with E-state index >= 15 is 0 Å². The van der Waals surface area contributed by atoms with Crippen LogP contribution in [0.2, 0.25) is 0 Å². The highest BCUT2D eigenvalue weighted by molar-refractivity contribution is 5.93. The number of hydrogen-bond acceptors (Lipinski definition) is 6. The highest BCUT2D eigenvalue weighted by Crippen LogP contribution is 2.24. The summed E-state index contributed by atoms with van der Waals surface area (Å²) < 4.78 is 10.2. The summed E-state index contributed by atoms with van der Waals surface area (Å²) in [6.45, 7) is 3.53. The molecule has 3 aromatic rings. The molecule has 116 valence electrons. The molecule has 1 aromatic carbocycles. The smallest absolute Gasteiger partial charge is 0.338 e. The predicted octanol–water partition coefficient (Wildman–Crippen LogP) is 3.11. The number of ether oxygens (including phenoxy) is 1. The summed E-state index contributed by atoms with van der Waals surface area (Å²) in [6.07, 6.45) is 1.72. The number of esters is 1. The summed E-state index contributed by atoms with van der Waals surface area (Å²) in [4.78, 5) is 20.6. The van der Waals surface area contributed by atoms with E-state index in [2.05, 4.69) is 15.1 Å². The van der Waals surface area contributed by atoms with Gasteiger partial charge in [0.15, 0.2) is 12.4 Å². The molecular weight excluding hydrogens is 294 g/mol. The van der Waals surface area contributed by atoms with Crippen LogP contribution >= 0.6 is 0 Å². The Hall–Kier alpha value is -3.02. The lowest BCUT2D eigenvalue weighted by molar-refractivity contribution is 0.0429. The zero-order valence-corrected chi connectivity index (χ0v) is 12.8. The fourth-order valence-electron chi connectivity index (χ4n) is 2.26. The molecule has 0 aliphatic rings. The second-order valence-electron chi connectivity index (χ2n) is 5.00. The predicted molar refractivity (Wildman–Crippen MR) is 82.6 cm³/mol. The summed E-state index contributed by atoms with van der Waals surface area (Å²) >= 11 is 0. The first-order chi connectivity index (χ1) is 11.1. The SMILES string of the molecule is Cc1noc(COC(=O)c2cccc(-c3ccccn3)c2C)n1. The highest BCUT2D eigenvalue weighted by Gasteiger charge is 2.15. The van der Waals surface area contributed by atoms with E-state index in [9.17, 15) is 4.79 Å². The topological polar surface area (TPSA) is 78.1 Å². The van der Waals surface area contributed by atoms with Crippen LogP contribution in [0.4, 0.5) is 0 Å². The third-order valence-electron chi connectivity index (χ3n) is 3.39. The first kappa shape index (κ1) is 14.9. The van der Waals surface area contributed by atoms with Gasteiger partial charge in [0.1, 0.15) is 0 Å². The Kier molecular flexibility index (Phi) is 4.14. The molecule has 23 heavy (non-hydrogen) atoms. The van der Waals surface area contributed by atoms with Crippen LogP contribution in [-0.2, 0) is 11.3 Å². The lowest BCUT2D eigenvalue weighted by Gasteiger charge is -2.10. The molecule has 0 spiro atoms. The van der Waals surface area contributed by atoms with Gasteiger partial charge >= 0.3 is 5.97 Å². The normalized spacial score (nSPS) is 10.5. The van der Waals surface area contributed by atoms with Crippen molar-refractivity contribution in [1.82, 2.24) is 15.1 Å². The summed E-state index contributed by atoms with van der Waals surface area (Å²) in [5.74, 6) is 0.342. The van der Waals surface area contributed by atoms with Gasteiger partial charge in [-0.25, -0.2) is 4.79 Å². The van der Waals surface area contributed by atoms with E-state index in [1.807, 2.05) is 37.3 Å². The van der Waals surface area contributed by atoms with E-state index in [1.165, 1.54) is 0 Å². The lowest BCUT2D eigenvalue weighted by atomic mass is 10.00. The van der Waals surface area contributed by atoms with Crippen molar-refractivity contribution in [2.45, 2.75) is 20.5 Å². The number of carbonyl (C=O) groups excluding carboxylic acids is 1. The van der Waals surface area contributed by atoms with E-state index in [4.69, 9.17) is 9.26 Å². The molecule has 6 nitrogen and oxygen atoms in total. The van der Waals surface area contributed by atoms with E-state index in [-0.39, 0.29) is 12.5 Å². The van der Waals surface area contributed by atoms with Gasteiger partial charge in [-0.15, -0.1) is 0 Å². The molecular formula is C17H15N3O3. The van der Waals surface area contributed by atoms with Crippen LogP contribution in [0.3, 0.4) is 0 Å². The fraction of sp³-hybridized carbons (Fsp3) is 0.176. The van der Waals surface area contributed by atoms with Crippen molar-refractivity contribution < 1.29 is 14.1 Å². The molecule has 0 bridgehead atoms. The van der Waals surface area contributed by atoms with Gasteiger partial charge in [0.25, 0.3) is 5.89 Å². The number of hydrogen-bond donors (Lipinski definition) is 0. The molecule has 0 aliphatic heterocycles. The Labute approximate surface area is 133 Å². The quantitative estimate of drug-likeness (QED) is 0.689. The highest BCUT2D eigenvalue weighted by atomic mass is 16.6. The minimum absolute atomic E-state index is 0.0487. The van der Waals surface area contributed by atoms with Crippen LogP contribution < -0.4 is 0 Å². The van der Waals surface area contributed by atoms with Crippen LogP contribution in [0.25, 0.3) is 11.3 Å². The molecule has 0 N–H and O–H groups in total. The molecule has 2 heterocycles. The zero-order valence-electron chi connectivity index (χ0n) is 12.8. The van der Waals surface area contributed by atoms with Crippen LogP contribution in [-0.4, -0.2) is 21.1 Å². The fourth-order valence-corrected chi connectivity index (χ4v) is 2.26. The molecule has 3 rings (SSSR count). The minimum atomic E-state index is -0.434. The first-order valence-corrected chi connectivity index (χ1v) is 7.12. The largest absolute Gasteiger partial charge is 0.452 e. The summed E-state index contributed by atoms with van der Waals surface area (Å²) in [7, 11) is 0. The molecule has 2 aromatic heterocycles. The monoisotopic (exact) mass is 309 g/mol. The maximum absolute atomic E-state index is 12.3. The van der Waals surface area contributed by atoms with E-state index in [0.29, 0.717) is 11.4 Å².